The Morgan fingerprint density at radius 2 is 1.91 bits per heavy atom. The highest BCUT2D eigenvalue weighted by Crippen LogP contribution is 2.30. The minimum Gasteiger partial charge on any atom is -0.434 e. The second-order valence-corrected chi connectivity index (χ2v) is 5.46. The van der Waals surface area contributed by atoms with Crippen molar-refractivity contribution in [1.82, 2.24) is 0 Å². The fourth-order valence-electron chi connectivity index (χ4n) is 2.44. The molecule has 23 heavy (non-hydrogen) atoms. The van der Waals surface area contributed by atoms with Crippen LogP contribution in [0.25, 0.3) is 0 Å². The van der Waals surface area contributed by atoms with E-state index in [4.69, 9.17) is 9.57 Å². The summed E-state index contributed by atoms with van der Waals surface area (Å²) in [6.07, 6.45) is 0. The van der Waals surface area contributed by atoms with Gasteiger partial charge in [0.2, 0.25) is 17.3 Å². The summed E-state index contributed by atoms with van der Waals surface area (Å²) in [5.74, 6) is 0.574. The number of ketones is 1. The molecule has 0 saturated carbocycles. The number of fused-ring (bicyclic) bond motifs is 1. The number of para-hydroxylation sites is 3. The van der Waals surface area contributed by atoms with E-state index in [0.29, 0.717) is 11.3 Å². The smallest absolute Gasteiger partial charge is 0.311 e. The maximum atomic E-state index is 12.2. The monoisotopic (exact) mass is 315 g/mol. The topological polar surface area (TPSA) is 78.7 Å². The molecule has 0 aliphatic carbocycles. The molecule has 0 spiro atoms. The standard InChI is InChI=1S/C16H15N2O5/c1-18(10-14(19)12-6-2-4-8-15(12)23-18)11-22-16-9-5-3-7-13(16)17(20)21/h2-9H,10-11H2,1H3/q+1. The first-order chi connectivity index (χ1) is 11.0. The Balaban J connectivity index is 1.79. The third-order valence-corrected chi connectivity index (χ3v) is 3.54. The van der Waals surface area contributed by atoms with Crippen molar-refractivity contribution < 1.29 is 23.9 Å². The van der Waals surface area contributed by atoms with Gasteiger partial charge in [0.25, 0.3) is 6.73 Å². The molecule has 0 radical (unpaired) electrons. The van der Waals surface area contributed by atoms with Gasteiger partial charge in [-0.15, -0.1) is 4.65 Å². The molecule has 0 saturated heterocycles. The van der Waals surface area contributed by atoms with Crippen molar-refractivity contribution in [1.29, 1.82) is 0 Å². The van der Waals surface area contributed by atoms with E-state index in [2.05, 4.69) is 0 Å². The maximum absolute atomic E-state index is 12.2. The predicted octanol–water partition coefficient (Wildman–Crippen LogP) is 2.57. The normalized spacial score (nSPS) is 19.6. The number of carbonyl (C=O) groups excluding carboxylic acids is 1. The quantitative estimate of drug-likeness (QED) is 0.492. The molecule has 0 aromatic heterocycles. The Morgan fingerprint density at radius 1 is 1.22 bits per heavy atom. The molecule has 1 atom stereocenters. The second-order valence-electron chi connectivity index (χ2n) is 5.46. The fraction of sp³-hybridized carbons (Fsp3) is 0.188. The molecule has 1 unspecified atom stereocenters. The van der Waals surface area contributed by atoms with Gasteiger partial charge in [0.1, 0.15) is 7.05 Å². The van der Waals surface area contributed by atoms with Crippen LogP contribution in [0.15, 0.2) is 48.5 Å². The van der Waals surface area contributed by atoms with Gasteiger partial charge in [-0.3, -0.25) is 14.9 Å². The molecule has 1 aliphatic rings. The first-order valence-corrected chi connectivity index (χ1v) is 7.01. The SMILES string of the molecule is C[N+]1(COc2ccccc2[N+](=O)[O-])CC(=O)c2ccccc2O1. The van der Waals surface area contributed by atoms with Gasteiger partial charge in [-0.05, 0) is 18.2 Å². The van der Waals surface area contributed by atoms with Crippen molar-refractivity contribution >= 4 is 11.5 Å². The molecular weight excluding hydrogens is 300 g/mol. The number of hydrogen-bond donors (Lipinski definition) is 0. The Labute approximate surface area is 132 Å². The number of Topliss-reactive ketones (excluding diaryl/α,β-unsaturated/α-hetero) is 1. The Morgan fingerprint density at radius 3 is 2.70 bits per heavy atom. The van der Waals surface area contributed by atoms with E-state index in [1.807, 2.05) is 0 Å². The molecule has 3 rings (SSSR count). The lowest BCUT2D eigenvalue weighted by atomic mass is 10.1. The lowest BCUT2D eigenvalue weighted by molar-refractivity contribution is -1.07. The van der Waals surface area contributed by atoms with Crippen LogP contribution < -0.4 is 9.57 Å². The van der Waals surface area contributed by atoms with Gasteiger partial charge in [-0.25, -0.2) is 0 Å². The van der Waals surface area contributed by atoms with Crippen LogP contribution in [-0.2, 0) is 0 Å². The molecule has 0 fully saturated rings. The van der Waals surface area contributed by atoms with Crippen LogP contribution in [0.1, 0.15) is 10.4 Å². The summed E-state index contributed by atoms with van der Waals surface area (Å²) >= 11 is 0. The number of quaternary nitrogens is 1. The van der Waals surface area contributed by atoms with E-state index in [0.717, 1.165) is 0 Å². The zero-order valence-corrected chi connectivity index (χ0v) is 12.5. The first-order valence-electron chi connectivity index (χ1n) is 7.01. The molecule has 0 N–H and O–H groups in total. The second kappa shape index (κ2) is 5.69. The lowest BCUT2D eigenvalue weighted by Crippen LogP contribution is -2.55. The van der Waals surface area contributed by atoms with Crippen LogP contribution in [0.5, 0.6) is 11.5 Å². The fourth-order valence-corrected chi connectivity index (χ4v) is 2.44. The summed E-state index contributed by atoms with van der Waals surface area (Å²) in [5.41, 5.74) is 0.414. The van der Waals surface area contributed by atoms with E-state index in [9.17, 15) is 14.9 Å². The van der Waals surface area contributed by atoms with Crippen LogP contribution in [0.3, 0.4) is 0 Å². The summed E-state index contributed by atoms with van der Waals surface area (Å²) in [6.45, 7) is 0.0720. The lowest BCUT2D eigenvalue weighted by Gasteiger charge is -2.34. The van der Waals surface area contributed by atoms with Gasteiger partial charge >= 0.3 is 5.69 Å². The van der Waals surface area contributed by atoms with E-state index in [1.165, 1.54) is 12.1 Å². The molecule has 7 nitrogen and oxygen atoms in total. The van der Waals surface area contributed by atoms with Crippen molar-refractivity contribution in [3.8, 4) is 11.5 Å². The van der Waals surface area contributed by atoms with Crippen LogP contribution in [-0.4, -0.2) is 35.7 Å². The zero-order valence-electron chi connectivity index (χ0n) is 12.5. The maximum Gasteiger partial charge on any atom is 0.311 e. The van der Waals surface area contributed by atoms with Crippen molar-refractivity contribution in [3.63, 3.8) is 0 Å². The number of likely N-dealkylation sites (N-methyl/N-ethyl adjacent to an activating group) is 1. The molecule has 0 amide bonds. The first kappa shape index (κ1) is 15.0. The minimum atomic E-state index is -0.507. The Hall–Kier alpha value is -2.93. The number of carbonyl (C=O) groups is 1. The van der Waals surface area contributed by atoms with Crippen molar-refractivity contribution in [2.75, 3.05) is 20.3 Å². The van der Waals surface area contributed by atoms with E-state index in [-0.39, 0.29) is 35.1 Å². The number of rotatable bonds is 4. The van der Waals surface area contributed by atoms with Crippen molar-refractivity contribution in [2.24, 2.45) is 0 Å². The molecule has 1 heterocycles. The van der Waals surface area contributed by atoms with Gasteiger partial charge in [0.05, 0.1) is 10.5 Å². The average Bonchev–Trinajstić information content (AvgIpc) is 2.53. The van der Waals surface area contributed by atoms with Crippen LogP contribution in [0, 0.1) is 10.1 Å². The van der Waals surface area contributed by atoms with Gasteiger partial charge in [-0.2, -0.15) is 0 Å². The van der Waals surface area contributed by atoms with Gasteiger partial charge in [0, 0.05) is 6.07 Å². The zero-order chi connectivity index (χ0) is 16.4. The molecule has 2 aromatic rings. The summed E-state index contributed by atoms with van der Waals surface area (Å²) in [4.78, 5) is 28.6. The molecule has 2 aromatic carbocycles. The van der Waals surface area contributed by atoms with E-state index in [1.54, 1.807) is 43.4 Å². The predicted molar refractivity (Wildman–Crippen MR) is 81.0 cm³/mol. The third kappa shape index (κ3) is 3.00. The highest BCUT2D eigenvalue weighted by Gasteiger charge is 2.37. The molecular formula is C16H15N2O5+. The third-order valence-electron chi connectivity index (χ3n) is 3.54. The number of hydrogen-bond acceptors (Lipinski definition) is 5. The summed E-state index contributed by atoms with van der Waals surface area (Å²) in [7, 11) is 1.70. The van der Waals surface area contributed by atoms with Gasteiger partial charge in [0.15, 0.2) is 6.54 Å². The number of ether oxygens (including phenoxy) is 1. The molecule has 7 heteroatoms. The van der Waals surface area contributed by atoms with Crippen LogP contribution in [0.2, 0.25) is 0 Å². The van der Waals surface area contributed by atoms with E-state index >= 15 is 0 Å². The number of nitro groups is 1. The number of hydroxylamine groups is 3. The number of nitrogens with zero attached hydrogens (tertiary/aromatic N) is 2. The van der Waals surface area contributed by atoms with E-state index < -0.39 is 4.92 Å². The minimum absolute atomic E-state index is 0.0229. The highest BCUT2D eigenvalue weighted by molar-refractivity contribution is 5.99. The largest absolute Gasteiger partial charge is 0.434 e. The van der Waals surface area contributed by atoms with Crippen molar-refractivity contribution in [2.45, 2.75) is 0 Å². The van der Waals surface area contributed by atoms with Crippen LogP contribution in [0.4, 0.5) is 5.69 Å². The summed E-state index contributed by atoms with van der Waals surface area (Å²) in [5, 5.41) is 11.0. The summed E-state index contributed by atoms with van der Waals surface area (Å²) < 4.78 is 5.42. The highest BCUT2D eigenvalue weighted by atomic mass is 16.7. The average molecular weight is 315 g/mol. The summed E-state index contributed by atoms with van der Waals surface area (Å²) in [6, 6.07) is 13.1. The molecule has 0 bridgehead atoms. The number of nitro benzene ring substituents is 1. The van der Waals surface area contributed by atoms with Crippen LogP contribution >= 0.6 is 0 Å². The Bertz CT molecular complexity index is 777. The molecule has 118 valence electrons. The number of benzene rings is 2. The van der Waals surface area contributed by atoms with Crippen molar-refractivity contribution in [3.05, 3.63) is 64.2 Å². The van der Waals surface area contributed by atoms with Gasteiger partial charge in [-0.1, -0.05) is 24.3 Å². The van der Waals surface area contributed by atoms with Gasteiger partial charge < -0.3 is 9.57 Å². The Kier molecular flexibility index (Phi) is 3.71. The molecule has 1 aliphatic heterocycles.